The molecule has 86 valence electrons. The Morgan fingerprint density at radius 3 is 3.00 bits per heavy atom. The molecular weight excluding hydrogens is 266 g/mol. The first-order valence-electron chi connectivity index (χ1n) is 5.55. The van der Waals surface area contributed by atoms with Crippen molar-refractivity contribution in [1.82, 2.24) is 14.7 Å². The molecule has 0 spiro atoms. The zero-order valence-electron chi connectivity index (χ0n) is 9.57. The number of hydrogen-bond acceptors (Lipinski definition) is 2. The number of imidazole rings is 1. The van der Waals surface area contributed by atoms with Gasteiger partial charge >= 0.3 is 0 Å². The van der Waals surface area contributed by atoms with E-state index in [0.717, 1.165) is 28.8 Å². The summed E-state index contributed by atoms with van der Waals surface area (Å²) >= 11 is 3.45. The zero-order chi connectivity index (χ0) is 11.5. The van der Waals surface area contributed by atoms with Crippen LogP contribution in [0.4, 0.5) is 0 Å². The number of halogens is 1. The van der Waals surface area contributed by atoms with Crippen molar-refractivity contribution in [3.63, 3.8) is 0 Å². The SMILES string of the molecule is CCC(C)NCc1cn2cc(Br)ccc2n1. The van der Waals surface area contributed by atoms with Gasteiger partial charge < -0.3 is 9.72 Å². The first kappa shape index (κ1) is 11.6. The fraction of sp³-hybridized carbons (Fsp3) is 0.417. The molecule has 2 rings (SSSR count). The van der Waals surface area contributed by atoms with Crippen molar-refractivity contribution in [2.45, 2.75) is 32.9 Å². The smallest absolute Gasteiger partial charge is 0.137 e. The van der Waals surface area contributed by atoms with E-state index in [-0.39, 0.29) is 0 Å². The van der Waals surface area contributed by atoms with Crippen LogP contribution in [0.25, 0.3) is 5.65 Å². The molecule has 16 heavy (non-hydrogen) atoms. The van der Waals surface area contributed by atoms with Crippen molar-refractivity contribution in [3.8, 4) is 0 Å². The number of nitrogens with one attached hydrogen (secondary N) is 1. The summed E-state index contributed by atoms with van der Waals surface area (Å²) in [4.78, 5) is 4.54. The minimum absolute atomic E-state index is 0.538. The second-order valence-corrected chi connectivity index (χ2v) is 4.95. The molecule has 0 fully saturated rings. The maximum atomic E-state index is 4.54. The maximum Gasteiger partial charge on any atom is 0.137 e. The quantitative estimate of drug-likeness (QED) is 0.934. The Kier molecular flexibility index (Phi) is 3.61. The van der Waals surface area contributed by atoms with Gasteiger partial charge in [0.15, 0.2) is 0 Å². The van der Waals surface area contributed by atoms with Gasteiger partial charge in [-0.3, -0.25) is 0 Å². The predicted octanol–water partition coefficient (Wildman–Crippen LogP) is 2.98. The summed E-state index contributed by atoms with van der Waals surface area (Å²) in [5, 5.41) is 3.44. The second kappa shape index (κ2) is 4.97. The highest BCUT2D eigenvalue weighted by Gasteiger charge is 2.03. The van der Waals surface area contributed by atoms with E-state index in [1.165, 1.54) is 0 Å². The van der Waals surface area contributed by atoms with Crippen molar-refractivity contribution < 1.29 is 0 Å². The average molecular weight is 282 g/mol. The van der Waals surface area contributed by atoms with Gasteiger partial charge in [0, 0.05) is 29.5 Å². The molecule has 3 nitrogen and oxygen atoms in total. The lowest BCUT2D eigenvalue weighted by atomic mass is 10.2. The Labute approximate surface area is 104 Å². The summed E-state index contributed by atoms with van der Waals surface area (Å²) in [5.74, 6) is 0. The van der Waals surface area contributed by atoms with E-state index in [1.807, 2.05) is 22.7 Å². The summed E-state index contributed by atoms with van der Waals surface area (Å²) < 4.78 is 3.11. The average Bonchev–Trinajstić information content (AvgIpc) is 2.67. The third-order valence-corrected chi connectivity index (χ3v) is 3.18. The van der Waals surface area contributed by atoms with Crippen LogP contribution >= 0.6 is 15.9 Å². The van der Waals surface area contributed by atoms with Crippen molar-refractivity contribution in [2.24, 2.45) is 0 Å². The van der Waals surface area contributed by atoms with Crippen LogP contribution in [0.1, 0.15) is 26.0 Å². The molecule has 0 aliphatic carbocycles. The monoisotopic (exact) mass is 281 g/mol. The summed E-state index contributed by atoms with van der Waals surface area (Å²) in [7, 11) is 0. The van der Waals surface area contributed by atoms with Crippen molar-refractivity contribution in [2.75, 3.05) is 0 Å². The van der Waals surface area contributed by atoms with Crippen LogP contribution in [0.15, 0.2) is 29.0 Å². The Morgan fingerprint density at radius 1 is 1.44 bits per heavy atom. The lowest BCUT2D eigenvalue weighted by Gasteiger charge is -2.08. The number of hydrogen-bond donors (Lipinski definition) is 1. The molecule has 0 aliphatic heterocycles. The highest BCUT2D eigenvalue weighted by atomic mass is 79.9. The van der Waals surface area contributed by atoms with E-state index in [1.54, 1.807) is 0 Å². The summed E-state index contributed by atoms with van der Waals surface area (Å²) in [6, 6.07) is 4.56. The molecule has 1 unspecified atom stereocenters. The Hall–Kier alpha value is -0.870. The number of pyridine rings is 1. The first-order chi connectivity index (χ1) is 7.69. The summed E-state index contributed by atoms with van der Waals surface area (Å²) in [6.07, 6.45) is 5.23. The maximum absolute atomic E-state index is 4.54. The van der Waals surface area contributed by atoms with Crippen molar-refractivity contribution in [1.29, 1.82) is 0 Å². The molecule has 4 heteroatoms. The number of fused-ring (bicyclic) bond motifs is 1. The lowest BCUT2D eigenvalue weighted by molar-refractivity contribution is 0.530. The molecule has 2 heterocycles. The van der Waals surface area contributed by atoms with E-state index in [9.17, 15) is 0 Å². The molecule has 1 atom stereocenters. The van der Waals surface area contributed by atoms with Crippen LogP contribution in [0.3, 0.4) is 0 Å². The van der Waals surface area contributed by atoms with Gasteiger partial charge in [0.25, 0.3) is 0 Å². The molecule has 0 amide bonds. The van der Waals surface area contributed by atoms with Crippen molar-refractivity contribution in [3.05, 3.63) is 34.7 Å². The summed E-state index contributed by atoms with van der Waals surface area (Å²) in [6.45, 7) is 5.19. The zero-order valence-corrected chi connectivity index (χ0v) is 11.2. The Bertz CT molecular complexity index is 478. The Morgan fingerprint density at radius 2 is 2.25 bits per heavy atom. The van der Waals surface area contributed by atoms with Crippen LogP contribution < -0.4 is 5.32 Å². The number of aromatic nitrogens is 2. The lowest BCUT2D eigenvalue weighted by Crippen LogP contribution is -2.24. The van der Waals surface area contributed by atoms with Crippen LogP contribution in [0, 0.1) is 0 Å². The van der Waals surface area contributed by atoms with Crippen LogP contribution in [0.2, 0.25) is 0 Å². The molecular formula is C12H16BrN3. The van der Waals surface area contributed by atoms with Crippen LogP contribution in [-0.2, 0) is 6.54 Å². The van der Waals surface area contributed by atoms with Gasteiger partial charge in [-0.15, -0.1) is 0 Å². The molecule has 0 saturated carbocycles. The van der Waals surface area contributed by atoms with E-state index in [2.05, 4.69) is 46.3 Å². The molecule has 0 aliphatic rings. The molecule has 0 saturated heterocycles. The van der Waals surface area contributed by atoms with Gasteiger partial charge in [-0.25, -0.2) is 4.98 Å². The second-order valence-electron chi connectivity index (χ2n) is 4.04. The molecule has 2 aromatic rings. The minimum atomic E-state index is 0.538. The highest BCUT2D eigenvalue weighted by Crippen LogP contribution is 2.12. The van der Waals surface area contributed by atoms with Crippen LogP contribution in [0.5, 0.6) is 0 Å². The topological polar surface area (TPSA) is 29.3 Å². The normalized spacial score (nSPS) is 13.2. The summed E-state index contributed by atoms with van der Waals surface area (Å²) in [5.41, 5.74) is 2.07. The number of nitrogens with zero attached hydrogens (tertiary/aromatic N) is 2. The van der Waals surface area contributed by atoms with E-state index in [0.29, 0.717) is 6.04 Å². The predicted molar refractivity (Wildman–Crippen MR) is 69.5 cm³/mol. The molecule has 0 radical (unpaired) electrons. The van der Waals surface area contributed by atoms with Crippen LogP contribution in [-0.4, -0.2) is 15.4 Å². The molecule has 0 bridgehead atoms. The minimum Gasteiger partial charge on any atom is -0.309 e. The van der Waals surface area contributed by atoms with Gasteiger partial charge in [-0.1, -0.05) is 6.92 Å². The Balaban J connectivity index is 2.13. The van der Waals surface area contributed by atoms with Gasteiger partial charge in [0.2, 0.25) is 0 Å². The van der Waals surface area contributed by atoms with Gasteiger partial charge in [0.05, 0.1) is 5.69 Å². The van der Waals surface area contributed by atoms with E-state index in [4.69, 9.17) is 0 Å². The van der Waals surface area contributed by atoms with E-state index >= 15 is 0 Å². The van der Waals surface area contributed by atoms with Gasteiger partial charge in [-0.05, 0) is 41.4 Å². The molecule has 0 aromatic carbocycles. The molecule has 2 aromatic heterocycles. The largest absolute Gasteiger partial charge is 0.309 e. The fourth-order valence-corrected chi connectivity index (χ4v) is 1.88. The first-order valence-corrected chi connectivity index (χ1v) is 6.35. The molecule has 1 N–H and O–H groups in total. The third kappa shape index (κ3) is 2.62. The number of rotatable bonds is 4. The van der Waals surface area contributed by atoms with E-state index < -0.39 is 0 Å². The van der Waals surface area contributed by atoms with Gasteiger partial charge in [0.1, 0.15) is 5.65 Å². The third-order valence-electron chi connectivity index (χ3n) is 2.71. The fourth-order valence-electron chi connectivity index (χ4n) is 1.53. The standard InChI is InChI=1S/C12H16BrN3/c1-3-9(2)14-6-11-8-16-7-10(13)4-5-12(16)15-11/h4-5,7-9,14H,3,6H2,1-2H3. The van der Waals surface area contributed by atoms with Gasteiger partial charge in [-0.2, -0.15) is 0 Å². The van der Waals surface area contributed by atoms with Crippen molar-refractivity contribution >= 4 is 21.6 Å². The highest BCUT2D eigenvalue weighted by molar-refractivity contribution is 9.10.